The number of rotatable bonds is 4. The van der Waals surface area contributed by atoms with Crippen molar-refractivity contribution in [2.45, 2.75) is 27.7 Å². The molecule has 0 aliphatic rings. The topological polar surface area (TPSA) is 26.3 Å². The molecular weight excluding hydrogens is 212 g/mol. The highest BCUT2D eigenvalue weighted by Gasteiger charge is 2.39. The molecule has 0 aromatic heterocycles. The summed E-state index contributed by atoms with van der Waals surface area (Å²) >= 11 is 5.38. The van der Waals surface area contributed by atoms with E-state index in [9.17, 15) is 4.79 Å². The molecule has 2 atom stereocenters. The summed E-state index contributed by atoms with van der Waals surface area (Å²) in [5.41, 5.74) is -0.0335. The Hall–Kier alpha value is -0.940. The predicted molar refractivity (Wildman–Crippen MR) is 62.3 cm³/mol. The smallest absolute Gasteiger partial charge is 0.324 e. The summed E-state index contributed by atoms with van der Waals surface area (Å²) in [7, 11) is 0. The zero-order chi connectivity index (χ0) is 12.1. The summed E-state index contributed by atoms with van der Waals surface area (Å²) in [5.74, 6) is 2.26. The largest absolute Gasteiger partial charge is 0.465 e. The minimum atomic E-state index is -0.913. The Morgan fingerprint density at radius 2 is 2.20 bits per heavy atom. The van der Waals surface area contributed by atoms with Crippen LogP contribution in [-0.4, -0.2) is 12.6 Å². The van der Waals surface area contributed by atoms with Gasteiger partial charge >= 0.3 is 5.97 Å². The Balaban J connectivity index is 5.11. The second-order valence-corrected chi connectivity index (χ2v) is 3.90. The van der Waals surface area contributed by atoms with E-state index in [1.54, 1.807) is 13.8 Å². The van der Waals surface area contributed by atoms with Gasteiger partial charge in [-0.25, -0.2) is 0 Å². The van der Waals surface area contributed by atoms with Gasteiger partial charge in [-0.15, -0.1) is 0 Å². The van der Waals surface area contributed by atoms with E-state index in [4.69, 9.17) is 16.3 Å². The summed E-state index contributed by atoms with van der Waals surface area (Å²) in [6.07, 6.45) is 0. The van der Waals surface area contributed by atoms with E-state index >= 15 is 0 Å². The maximum absolute atomic E-state index is 11.8. The molecule has 0 spiro atoms. The first-order valence-corrected chi connectivity index (χ1v) is 5.23. The highest BCUT2D eigenvalue weighted by atomic mass is 35.5. The van der Waals surface area contributed by atoms with Crippen LogP contribution in [0.1, 0.15) is 27.7 Å². The van der Waals surface area contributed by atoms with Crippen LogP contribution in [-0.2, 0) is 9.53 Å². The van der Waals surface area contributed by atoms with Crippen molar-refractivity contribution in [3.63, 3.8) is 0 Å². The van der Waals surface area contributed by atoms with E-state index in [0.717, 1.165) is 5.57 Å². The molecule has 15 heavy (non-hydrogen) atoms. The zero-order valence-corrected chi connectivity index (χ0v) is 10.4. The summed E-state index contributed by atoms with van der Waals surface area (Å²) in [6, 6.07) is 0. The Morgan fingerprint density at radius 3 is 2.53 bits per heavy atom. The lowest BCUT2D eigenvalue weighted by atomic mass is 9.75. The number of halogens is 1. The Morgan fingerprint density at radius 1 is 1.67 bits per heavy atom. The monoisotopic (exact) mass is 228 g/mol. The normalized spacial score (nSPS) is 15.5. The first-order valence-electron chi connectivity index (χ1n) is 4.85. The van der Waals surface area contributed by atoms with Gasteiger partial charge < -0.3 is 4.74 Å². The van der Waals surface area contributed by atoms with Crippen LogP contribution < -0.4 is 0 Å². The molecule has 2 nitrogen and oxygen atoms in total. The molecule has 0 aromatic rings. The van der Waals surface area contributed by atoms with Crippen LogP contribution in [0.2, 0.25) is 0 Å². The van der Waals surface area contributed by atoms with Gasteiger partial charge in [0.1, 0.15) is 5.41 Å². The number of carbonyl (C=O) groups excluding carboxylic acids is 1. The van der Waals surface area contributed by atoms with Gasteiger partial charge in [0, 0.05) is 11.3 Å². The molecule has 3 heteroatoms. The average molecular weight is 229 g/mol. The SMILES string of the molecule is C=C(C)[C@H](C)[C@@](C)(C#CCl)C(=O)OCC. The lowest BCUT2D eigenvalue weighted by Gasteiger charge is -2.28. The van der Waals surface area contributed by atoms with Crippen LogP contribution in [0.3, 0.4) is 0 Å². The van der Waals surface area contributed by atoms with Crippen LogP contribution in [0.4, 0.5) is 0 Å². The van der Waals surface area contributed by atoms with Gasteiger partial charge in [-0.1, -0.05) is 25.0 Å². The number of allylic oxidation sites excluding steroid dienone is 1. The van der Waals surface area contributed by atoms with Crippen molar-refractivity contribution in [3.05, 3.63) is 12.2 Å². The molecule has 0 saturated heterocycles. The average Bonchev–Trinajstić information content (AvgIpc) is 2.17. The molecule has 84 valence electrons. The fourth-order valence-electron chi connectivity index (χ4n) is 1.21. The lowest BCUT2D eigenvalue weighted by Crippen LogP contribution is -2.35. The van der Waals surface area contributed by atoms with E-state index in [1.165, 1.54) is 0 Å². The first-order chi connectivity index (χ1) is 6.90. The van der Waals surface area contributed by atoms with Gasteiger partial charge in [0.05, 0.1) is 6.61 Å². The maximum Gasteiger partial charge on any atom is 0.324 e. The van der Waals surface area contributed by atoms with E-state index in [1.807, 2.05) is 13.8 Å². The third-order valence-electron chi connectivity index (χ3n) is 2.61. The molecule has 0 heterocycles. The molecule has 0 aliphatic carbocycles. The van der Waals surface area contributed by atoms with Crippen LogP contribution in [0.5, 0.6) is 0 Å². The van der Waals surface area contributed by atoms with Gasteiger partial charge in [-0.2, -0.15) is 0 Å². The van der Waals surface area contributed by atoms with Crippen molar-refractivity contribution in [2.75, 3.05) is 6.61 Å². The molecule has 0 unspecified atom stereocenters. The van der Waals surface area contributed by atoms with Crippen molar-refractivity contribution in [1.82, 2.24) is 0 Å². The molecule has 0 saturated carbocycles. The van der Waals surface area contributed by atoms with Crippen molar-refractivity contribution in [1.29, 1.82) is 0 Å². The minimum absolute atomic E-state index is 0.0946. The molecule has 0 amide bonds. The Bertz CT molecular complexity index is 311. The van der Waals surface area contributed by atoms with Crippen LogP contribution >= 0.6 is 11.6 Å². The molecule has 0 radical (unpaired) electrons. The number of hydrogen-bond donors (Lipinski definition) is 0. The van der Waals surface area contributed by atoms with Crippen LogP contribution in [0.25, 0.3) is 0 Å². The second-order valence-electron chi connectivity index (χ2n) is 3.71. The summed E-state index contributed by atoms with van der Waals surface area (Å²) < 4.78 is 4.99. The molecule has 0 rings (SSSR count). The lowest BCUT2D eigenvalue weighted by molar-refractivity contribution is -0.152. The van der Waals surface area contributed by atoms with Crippen molar-refractivity contribution >= 4 is 17.6 Å². The molecule has 0 N–H and O–H groups in total. The third kappa shape index (κ3) is 3.28. The summed E-state index contributed by atoms with van der Waals surface area (Å²) in [4.78, 5) is 11.8. The van der Waals surface area contributed by atoms with Gasteiger partial charge in [0.2, 0.25) is 0 Å². The van der Waals surface area contributed by atoms with Crippen LogP contribution in [0, 0.1) is 22.6 Å². The van der Waals surface area contributed by atoms with Gasteiger partial charge in [-0.05, 0) is 32.4 Å². The number of esters is 1. The highest BCUT2D eigenvalue weighted by Crippen LogP contribution is 2.32. The predicted octanol–water partition coefficient (Wildman–Crippen LogP) is 2.97. The fraction of sp³-hybridized carbons (Fsp3) is 0.583. The quantitative estimate of drug-likeness (QED) is 0.420. The molecule has 0 fully saturated rings. The number of ether oxygens (including phenoxy) is 1. The van der Waals surface area contributed by atoms with Gasteiger partial charge in [0.15, 0.2) is 0 Å². The molecule has 0 aliphatic heterocycles. The van der Waals surface area contributed by atoms with Gasteiger partial charge in [-0.3, -0.25) is 4.79 Å². The maximum atomic E-state index is 11.8. The Labute approximate surface area is 96.6 Å². The van der Waals surface area contributed by atoms with E-state index in [-0.39, 0.29) is 11.9 Å². The van der Waals surface area contributed by atoms with Gasteiger partial charge in [0.25, 0.3) is 0 Å². The second kappa shape index (κ2) is 5.82. The van der Waals surface area contributed by atoms with Crippen LogP contribution in [0.15, 0.2) is 12.2 Å². The van der Waals surface area contributed by atoms with Crippen molar-refractivity contribution in [2.24, 2.45) is 11.3 Å². The minimum Gasteiger partial charge on any atom is -0.465 e. The zero-order valence-electron chi connectivity index (χ0n) is 9.69. The van der Waals surface area contributed by atoms with Crippen molar-refractivity contribution < 1.29 is 9.53 Å². The molecule has 0 aromatic carbocycles. The van der Waals surface area contributed by atoms with Crippen molar-refractivity contribution in [3.8, 4) is 11.3 Å². The molecule has 0 bridgehead atoms. The fourth-order valence-corrected chi connectivity index (χ4v) is 1.40. The number of carbonyl (C=O) groups is 1. The Kier molecular flexibility index (Phi) is 5.46. The standard InChI is InChI=1S/C12H17ClO2/c1-6-15-11(14)12(5,7-8-13)10(4)9(2)3/h10H,2,6H2,1,3-5H3/t10-,12+/m0/s1. The summed E-state index contributed by atoms with van der Waals surface area (Å²) in [6.45, 7) is 11.4. The summed E-state index contributed by atoms with van der Waals surface area (Å²) in [5, 5.41) is 2.26. The van der Waals surface area contributed by atoms with E-state index in [0.29, 0.717) is 6.61 Å². The van der Waals surface area contributed by atoms with E-state index < -0.39 is 5.41 Å². The molecular formula is C12H17ClO2. The number of hydrogen-bond acceptors (Lipinski definition) is 2. The third-order valence-corrected chi connectivity index (χ3v) is 2.71. The first kappa shape index (κ1) is 14.1. The highest BCUT2D eigenvalue weighted by molar-refractivity contribution is 6.30. The van der Waals surface area contributed by atoms with E-state index in [2.05, 4.69) is 17.9 Å².